The van der Waals surface area contributed by atoms with E-state index in [0.29, 0.717) is 28.3 Å². The van der Waals surface area contributed by atoms with Gasteiger partial charge in [0.2, 0.25) is 0 Å². The average Bonchev–Trinajstić information content (AvgIpc) is 3.09. The Hall–Kier alpha value is -3.85. The topological polar surface area (TPSA) is 106 Å². The maximum Gasteiger partial charge on any atom is 0.285 e. The van der Waals surface area contributed by atoms with Crippen molar-refractivity contribution in [2.75, 3.05) is 12.4 Å². The first-order chi connectivity index (χ1) is 16.7. The summed E-state index contributed by atoms with van der Waals surface area (Å²) in [5.41, 5.74) is 2.48. The summed E-state index contributed by atoms with van der Waals surface area (Å²) in [5.74, 6) is 1.27. The van der Waals surface area contributed by atoms with Gasteiger partial charge in [-0.25, -0.2) is 0 Å². The quantitative estimate of drug-likeness (QED) is 0.501. The number of benzene rings is 3. The van der Waals surface area contributed by atoms with Gasteiger partial charge in [0.25, 0.3) is 15.9 Å². The number of hydrogen-bond donors (Lipinski definition) is 2. The Labute approximate surface area is 205 Å². The molecule has 0 fully saturated rings. The van der Waals surface area contributed by atoms with Crippen molar-refractivity contribution in [2.24, 2.45) is 4.40 Å². The molecule has 4 rings (SSSR count). The Morgan fingerprint density at radius 3 is 2.34 bits per heavy atom. The summed E-state index contributed by atoms with van der Waals surface area (Å²) < 4.78 is 39.5. The third-order valence-corrected chi connectivity index (χ3v) is 6.77. The molecule has 3 aromatic carbocycles. The third-order valence-electron chi connectivity index (χ3n) is 5.44. The highest BCUT2D eigenvalue weighted by Crippen LogP contribution is 2.31. The van der Waals surface area contributed by atoms with Gasteiger partial charge in [0.1, 0.15) is 4.90 Å². The molecule has 1 aliphatic rings. The van der Waals surface area contributed by atoms with E-state index in [1.807, 2.05) is 39.0 Å². The van der Waals surface area contributed by atoms with Crippen LogP contribution in [0.15, 0.2) is 76.0 Å². The van der Waals surface area contributed by atoms with Crippen LogP contribution in [0, 0.1) is 0 Å². The summed E-state index contributed by atoms with van der Waals surface area (Å²) in [4.78, 5) is 13.0. The molecular formula is C26H27N3O5S. The summed E-state index contributed by atoms with van der Waals surface area (Å²) >= 11 is 0. The van der Waals surface area contributed by atoms with E-state index in [4.69, 9.17) is 9.47 Å². The lowest BCUT2D eigenvalue weighted by Crippen LogP contribution is -2.26. The zero-order valence-electron chi connectivity index (χ0n) is 19.9. The van der Waals surface area contributed by atoms with Gasteiger partial charge in [0.05, 0.1) is 19.3 Å². The molecule has 2 N–H and O–H groups in total. The second-order valence-corrected chi connectivity index (χ2v) is 9.96. The van der Waals surface area contributed by atoms with Crippen molar-refractivity contribution < 1.29 is 22.7 Å². The van der Waals surface area contributed by atoms with Gasteiger partial charge in [0.15, 0.2) is 17.3 Å². The van der Waals surface area contributed by atoms with E-state index in [-0.39, 0.29) is 28.8 Å². The standard InChI is InChI=1S/C26H27N3O5S/c1-16(2)34-22-14-11-19(15-23(22)33-4)17(3)27-26(30)18-9-12-20(13-10-18)28-25-21-7-5-6-8-24(21)35(31,32)29-25/h5-17H,1-4H3,(H,27,30)(H,28,29). The maximum atomic E-state index is 12.8. The molecule has 1 atom stereocenters. The number of sulfonamides is 1. The predicted molar refractivity (Wildman–Crippen MR) is 135 cm³/mol. The Balaban J connectivity index is 1.43. The molecule has 1 amide bonds. The minimum Gasteiger partial charge on any atom is -0.493 e. The highest BCUT2D eigenvalue weighted by Gasteiger charge is 2.28. The lowest BCUT2D eigenvalue weighted by atomic mass is 10.1. The van der Waals surface area contributed by atoms with Crippen LogP contribution in [0.3, 0.4) is 0 Å². The van der Waals surface area contributed by atoms with Gasteiger partial charge in [0, 0.05) is 16.8 Å². The molecular weight excluding hydrogens is 466 g/mol. The summed E-state index contributed by atoms with van der Waals surface area (Å²) in [6, 6.07) is 18.7. The monoisotopic (exact) mass is 493 g/mol. The number of methoxy groups -OCH3 is 1. The van der Waals surface area contributed by atoms with E-state index in [9.17, 15) is 13.2 Å². The smallest absolute Gasteiger partial charge is 0.285 e. The van der Waals surface area contributed by atoms with E-state index in [2.05, 4.69) is 15.0 Å². The largest absolute Gasteiger partial charge is 0.493 e. The predicted octanol–water partition coefficient (Wildman–Crippen LogP) is 4.53. The number of fused-ring (bicyclic) bond motifs is 1. The van der Waals surface area contributed by atoms with E-state index in [0.717, 1.165) is 5.56 Å². The minimum absolute atomic E-state index is 0.0178. The van der Waals surface area contributed by atoms with Crippen molar-refractivity contribution in [3.63, 3.8) is 0 Å². The number of anilines is 1. The fourth-order valence-electron chi connectivity index (χ4n) is 3.71. The summed E-state index contributed by atoms with van der Waals surface area (Å²) in [6.07, 6.45) is 0.0178. The first kappa shape index (κ1) is 24.3. The van der Waals surface area contributed by atoms with Crippen LogP contribution in [0.25, 0.3) is 0 Å². The van der Waals surface area contributed by atoms with Crippen molar-refractivity contribution in [1.82, 2.24) is 5.32 Å². The van der Waals surface area contributed by atoms with E-state index < -0.39 is 10.0 Å². The normalized spacial score (nSPS) is 14.6. The first-order valence-corrected chi connectivity index (χ1v) is 12.6. The molecule has 1 unspecified atom stereocenters. The lowest BCUT2D eigenvalue weighted by molar-refractivity contribution is 0.0940. The molecule has 35 heavy (non-hydrogen) atoms. The van der Waals surface area contributed by atoms with E-state index >= 15 is 0 Å². The number of carbonyl (C=O) groups is 1. The van der Waals surface area contributed by atoms with E-state index in [1.54, 1.807) is 49.6 Å². The van der Waals surface area contributed by atoms with Gasteiger partial charge < -0.3 is 20.1 Å². The SMILES string of the molecule is COc1cc(C(C)NC(=O)c2ccc(NC3=NS(=O)(=O)c4ccccc43)cc2)ccc1OC(C)C. The summed E-state index contributed by atoms with van der Waals surface area (Å²) in [6.45, 7) is 5.78. The Morgan fingerprint density at radius 2 is 1.66 bits per heavy atom. The number of carbonyl (C=O) groups excluding carboxylic acids is 1. The molecule has 0 saturated heterocycles. The van der Waals surface area contributed by atoms with Crippen LogP contribution in [0.5, 0.6) is 11.5 Å². The number of amidine groups is 1. The molecule has 0 aliphatic carbocycles. The van der Waals surface area contributed by atoms with Crippen LogP contribution in [-0.2, 0) is 10.0 Å². The number of ether oxygens (including phenoxy) is 2. The van der Waals surface area contributed by atoms with Crippen LogP contribution in [-0.4, -0.2) is 33.4 Å². The fourth-order valence-corrected chi connectivity index (χ4v) is 4.88. The second-order valence-electron chi connectivity index (χ2n) is 8.39. The van der Waals surface area contributed by atoms with Crippen LogP contribution in [0.4, 0.5) is 5.69 Å². The van der Waals surface area contributed by atoms with Crippen molar-refractivity contribution in [3.8, 4) is 11.5 Å². The Morgan fingerprint density at radius 1 is 0.943 bits per heavy atom. The van der Waals surface area contributed by atoms with Gasteiger partial charge in [-0.3, -0.25) is 4.79 Å². The zero-order valence-corrected chi connectivity index (χ0v) is 20.7. The fraction of sp³-hybridized carbons (Fsp3) is 0.231. The number of hydrogen-bond acceptors (Lipinski definition) is 6. The molecule has 3 aromatic rings. The van der Waals surface area contributed by atoms with Crippen LogP contribution in [0.1, 0.15) is 48.3 Å². The minimum atomic E-state index is -3.71. The van der Waals surface area contributed by atoms with Crippen LogP contribution >= 0.6 is 0 Å². The second kappa shape index (κ2) is 9.79. The zero-order chi connectivity index (χ0) is 25.2. The van der Waals surface area contributed by atoms with Gasteiger partial charge in [-0.2, -0.15) is 8.42 Å². The molecule has 9 heteroatoms. The molecule has 8 nitrogen and oxygen atoms in total. The van der Waals surface area contributed by atoms with Crippen molar-refractivity contribution in [2.45, 2.75) is 37.8 Å². The number of amides is 1. The maximum absolute atomic E-state index is 12.8. The Bertz CT molecular complexity index is 1380. The van der Waals surface area contributed by atoms with Gasteiger partial charge in [-0.15, -0.1) is 4.40 Å². The molecule has 1 aliphatic heterocycles. The molecule has 1 heterocycles. The highest BCUT2D eigenvalue weighted by molar-refractivity contribution is 7.90. The summed E-state index contributed by atoms with van der Waals surface area (Å²) in [7, 11) is -2.13. The molecule has 0 bridgehead atoms. The molecule has 182 valence electrons. The van der Waals surface area contributed by atoms with Crippen molar-refractivity contribution >= 4 is 27.5 Å². The van der Waals surface area contributed by atoms with Gasteiger partial charge >= 0.3 is 0 Å². The number of nitrogens with zero attached hydrogens (tertiary/aromatic N) is 1. The number of rotatable bonds is 7. The van der Waals surface area contributed by atoms with Gasteiger partial charge in [-0.1, -0.05) is 18.2 Å². The van der Waals surface area contributed by atoms with Crippen LogP contribution < -0.4 is 20.1 Å². The highest BCUT2D eigenvalue weighted by atomic mass is 32.2. The molecule has 0 aromatic heterocycles. The van der Waals surface area contributed by atoms with E-state index in [1.165, 1.54) is 6.07 Å². The lowest BCUT2D eigenvalue weighted by Gasteiger charge is -2.18. The molecule has 0 spiro atoms. The summed E-state index contributed by atoms with van der Waals surface area (Å²) in [5, 5.41) is 6.01. The van der Waals surface area contributed by atoms with Crippen LogP contribution in [0.2, 0.25) is 0 Å². The third kappa shape index (κ3) is 5.30. The molecule has 0 radical (unpaired) electrons. The van der Waals surface area contributed by atoms with Crippen molar-refractivity contribution in [3.05, 3.63) is 83.4 Å². The van der Waals surface area contributed by atoms with Gasteiger partial charge in [-0.05, 0) is 74.9 Å². The molecule has 0 saturated carbocycles. The first-order valence-electron chi connectivity index (χ1n) is 11.1. The number of nitrogens with one attached hydrogen (secondary N) is 2. The average molecular weight is 494 g/mol. The Kier molecular flexibility index (Phi) is 6.79. The van der Waals surface area contributed by atoms with Crippen molar-refractivity contribution in [1.29, 1.82) is 0 Å².